The van der Waals surface area contributed by atoms with Crippen LogP contribution in [0.3, 0.4) is 0 Å². The zero-order chi connectivity index (χ0) is 13.5. The molecule has 0 atom stereocenters. The molecule has 0 spiro atoms. The standard InChI is InChI=1S/C15H18N2O2/c1-17-10-16-12-8-11(4-5-13(12)17)9-15(6-3-7-15)14(18)19-2/h4-5,8,10H,3,6-7,9H2,1-2H3. The molecule has 0 unspecified atom stereocenters. The van der Waals surface area contributed by atoms with E-state index in [1.807, 2.05) is 17.9 Å². The van der Waals surface area contributed by atoms with Gasteiger partial charge in [0.05, 0.1) is 29.9 Å². The maximum absolute atomic E-state index is 11.9. The first-order valence-electron chi connectivity index (χ1n) is 6.63. The molecule has 1 aromatic heterocycles. The molecule has 1 aromatic carbocycles. The highest BCUT2D eigenvalue weighted by atomic mass is 16.5. The van der Waals surface area contributed by atoms with Gasteiger partial charge in [-0.1, -0.05) is 12.5 Å². The van der Waals surface area contributed by atoms with E-state index in [1.54, 1.807) is 0 Å². The number of rotatable bonds is 3. The Morgan fingerprint density at radius 3 is 2.89 bits per heavy atom. The summed E-state index contributed by atoms with van der Waals surface area (Å²) in [7, 11) is 3.46. The molecule has 0 bridgehead atoms. The fourth-order valence-electron chi connectivity index (χ4n) is 2.96. The van der Waals surface area contributed by atoms with Crippen molar-refractivity contribution < 1.29 is 9.53 Å². The van der Waals surface area contributed by atoms with Gasteiger partial charge >= 0.3 is 5.97 Å². The number of benzene rings is 1. The zero-order valence-corrected chi connectivity index (χ0v) is 11.3. The van der Waals surface area contributed by atoms with Gasteiger partial charge < -0.3 is 9.30 Å². The van der Waals surface area contributed by atoms with Crippen LogP contribution in [-0.2, 0) is 23.0 Å². The molecule has 19 heavy (non-hydrogen) atoms. The third kappa shape index (κ3) is 1.91. The molecule has 2 aromatic rings. The molecule has 0 saturated heterocycles. The van der Waals surface area contributed by atoms with Crippen LogP contribution in [0.15, 0.2) is 24.5 Å². The lowest BCUT2D eigenvalue weighted by molar-refractivity contribution is -0.158. The Hall–Kier alpha value is -1.84. The Morgan fingerprint density at radius 2 is 2.26 bits per heavy atom. The normalized spacial score (nSPS) is 17.2. The molecule has 1 aliphatic rings. The minimum atomic E-state index is -0.294. The number of aryl methyl sites for hydroxylation is 1. The summed E-state index contributed by atoms with van der Waals surface area (Å²) in [5, 5.41) is 0. The number of imidazole rings is 1. The molecule has 3 rings (SSSR count). The van der Waals surface area contributed by atoms with Gasteiger partial charge in [0.25, 0.3) is 0 Å². The van der Waals surface area contributed by atoms with Gasteiger partial charge in [0.1, 0.15) is 0 Å². The van der Waals surface area contributed by atoms with Crippen LogP contribution in [0.1, 0.15) is 24.8 Å². The number of methoxy groups -OCH3 is 1. The molecule has 0 amide bonds. The molecule has 4 nitrogen and oxygen atoms in total. The zero-order valence-electron chi connectivity index (χ0n) is 11.3. The number of hydrogen-bond donors (Lipinski definition) is 0. The van der Waals surface area contributed by atoms with Crippen LogP contribution in [0.2, 0.25) is 0 Å². The number of carbonyl (C=O) groups is 1. The van der Waals surface area contributed by atoms with Crippen LogP contribution in [0.5, 0.6) is 0 Å². The van der Waals surface area contributed by atoms with Crippen molar-refractivity contribution in [2.75, 3.05) is 7.11 Å². The van der Waals surface area contributed by atoms with Crippen molar-refractivity contribution in [1.82, 2.24) is 9.55 Å². The maximum Gasteiger partial charge on any atom is 0.312 e. The SMILES string of the molecule is COC(=O)C1(Cc2ccc3c(c2)ncn3C)CCC1. The predicted octanol–water partition coefficient (Wildman–Crippen LogP) is 2.46. The van der Waals surface area contributed by atoms with Crippen LogP contribution in [0, 0.1) is 5.41 Å². The van der Waals surface area contributed by atoms with Crippen molar-refractivity contribution >= 4 is 17.0 Å². The molecule has 100 valence electrons. The van der Waals surface area contributed by atoms with E-state index in [2.05, 4.69) is 23.2 Å². The number of nitrogens with zero attached hydrogens (tertiary/aromatic N) is 2. The highest BCUT2D eigenvalue weighted by molar-refractivity contribution is 5.79. The third-order valence-corrected chi connectivity index (χ3v) is 4.26. The second kappa shape index (κ2) is 4.37. The monoisotopic (exact) mass is 258 g/mol. The van der Waals surface area contributed by atoms with E-state index < -0.39 is 0 Å². The van der Waals surface area contributed by atoms with Crippen molar-refractivity contribution in [3.8, 4) is 0 Å². The van der Waals surface area contributed by atoms with Crippen molar-refractivity contribution in [2.45, 2.75) is 25.7 Å². The summed E-state index contributed by atoms with van der Waals surface area (Å²) in [6.07, 6.45) is 5.54. The second-order valence-electron chi connectivity index (χ2n) is 5.48. The Labute approximate surface area is 112 Å². The molecule has 0 N–H and O–H groups in total. The first-order valence-corrected chi connectivity index (χ1v) is 6.63. The summed E-state index contributed by atoms with van der Waals surface area (Å²) < 4.78 is 6.96. The second-order valence-corrected chi connectivity index (χ2v) is 5.48. The van der Waals surface area contributed by atoms with Crippen LogP contribution in [0.25, 0.3) is 11.0 Å². The highest BCUT2D eigenvalue weighted by Crippen LogP contribution is 2.44. The van der Waals surface area contributed by atoms with Crippen LogP contribution >= 0.6 is 0 Å². The van der Waals surface area contributed by atoms with Crippen molar-refractivity contribution in [1.29, 1.82) is 0 Å². The molecule has 0 aliphatic heterocycles. The summed E-state index contributed by atoms with van der Waals surface area (Å²) in [6, 6.07) is 6.24. The predicted molar refractivity (Wildman–Crippen MR) is 72.7 cm³/mol. The van der Waals surface area contributed by atoms with Gasteiger partial charge in [-0.15, -0.1) is 0 Å². The minimum Gasteiger partial charge on any atom is -0.469 e. The summed E-state index contributed by atoms with van der Waals surface area (Å²) in [4.78, 5) is 16.3. The topological polar surface area (TPSA) is 44.1 Å². The Kier molecular flexibility index (Phi) is 2.81. The van der Waals surface area contributed by atoms with Gasteiger partial charge in [0, 0.05) is 7.05 Å². The van der Waals surface area contributed by atoms with Crippen molar-refractivity contribution in [3.05, 3.63) is 30.1 Å². The Balaban J connectivity index is 1.90. The molecule has 0 radical (unpaired) electrons. The van der Waals surface area contributed by atoms with Crippen LogP contribution in [-0.4, -0.2) is 22.6 Å². The molecular formula is C15H18N2O2. The number of fused-ring (bicyclic) bond motifs is 1. The van der Waals surface area contributed by atoms with E-state index >= 15 is 0 Å². The van der Waals surface area contributed by atoms with Gasteiger partial charge in [-0.2, -0.15) is 0 Å². The summed E-state index contributed by atoms with van der Waals surface area (Å²) in [5.41, 5.74) is 2.97. The van der Waals surface area contributed by atoms with Crippen molar-refractivity contribution in [3.63, 3.8) is 0 Å². The molecular weight excluding hydrogens is 240 g/mol. The highest BCUT2D eigenvalue weighted by Gasteiger charge is 2.45. The van der Waals surface area contributed by atoms with Gasteiger partial charge in [-0.3, -0.25) is 4.79 Å². The molecule has 1 saturated carbocycles. The van der Waals surface area contributed by atoms with E-state index in [-0.39, 0.29) is 11.4 Å². The average Bonchev–Trinajstić information content (AvgIpc) is 2.74. The first-order chi connectivity index (χ1) is 9.14. The van der Waals surface area contributed by atoms with Gasteiger partial charge in [-0.25, -0.2) is 4.98 Å². The quantitative estimate of drug-likeness (QED) is 0.794. The number of esters is 1. The van der Waals surface area contributed by atoms with E-state index in [1.165, 1.54) is 7.11 Å². The number of aromatic nitrogens is 2. The molecule has 1 fully saturated rings. The molecule has 4 heteroatoms. The van der Waals surface area contributed by atoms with E-state index in [0.717, 1.165) is 42.3 Å². The van der Waals surface area contributed by atoms with E-state index in [0.29, 0.717) is 0 Å². The summed E-state index contributed by atoms with van der Waals surface area (Å²) >= 11 is 0. The van der Waals surface area contributed by atoms with Crippen molar-refractivity contribution in [2.24, 2.45) is 12.5 Å². The van der Waals surface area contributed by atoms with E-state index in [9.17, 15) is 4.79 Å². The largest absolute Gasteiger partial charge is 0.469 e. The maximum atomic E-state index is 11.9. The Morgan fingerprint density at radius 1 is 1.47 bits per heavy atom. The van der Waals surface area contributed by atoms with Gasteiger partial charge in [0.2, 0.25) is 0 Å². The minimum absolute atomic E-state index is 0.0696. The number of hydrogen-bond acceptors (Lipinski definition) is 3. The fraction of sp³-hybridized carbons (Fsp3) is 0.467. The van der Waals surface area contributed by atoms with Gasteiger partial charge in [0.15, 0.2) is 0 Å². The summed E-state index contributed by atoms with van der Waals surface area (Å²) in [6.45, 7) is 0. The average molecular weight is 258 g/mol. The number of ether oxygens (including phenoxy) is 1. The molecule has 1 aliphatic carbocycles. The molecule has 1 heterocycles. The first kappa shape index (κ1) is 12.2. The third-order valence-electron chi connectivity index (χ3n) is 4.26. The summed E-state index contributed by atoms with van der Waals surface area (Å²) in [5.74, 6) is -0.0696. The lowest BCUT2D eigenvalue weighted by Gasteiger charge is -2.39. The van der Waals surface area contributed by atoms with Gasteiger partial charge in [-0.05, 0) is 37.0 Å². The van der Waals surface area contributed by atoms with Crippen LogP contribution in [0.4, 0.5) is 0 Å². The van der Waals surface area contributed by atoms with E-state index in [4.69, 9.17) is 4.74 Å². The fourth-order valence-corrected chi connectivity index (χ4v) is 2.96. The Bertz CT molecular complexity index is 626. The lowest BCUT2D eigenvalue weighted by atomic mass is 9.65. The lowest BCUT2D eigenvalue weighted by Crippen LogP contribution is -2.40. The smallest absolute Gasteiger partial charge is 0.312 e. The number of carbonyl (C=O) groups excluding carboxylic acids is 1. The van der Waals surface area contributed by atoms with Crippen LogP contribution < -0.4 is 0 Å².